The molecule has 0 fully saturated rings. The number of hydrogen-bond donors (Lipinski definition) is 1. The topological polar surface area (TPSA) is 21.3 Å². The quantitative estimate of drug-likeness (QED) is 0.759. The summed E-state index contributed by atoms with van der Waals surface area (Å²) in [5.74, 6) is 0.867. The second-order valence-corrected chi connectivity index (χ2v) is 7.65. The SMILES string of the molecule is COc1cc(Br)cc(C)c1NC1CCc2sc(Cl)cc21. The molecule has 0 saturated heterocycles. The fourth-order valence-electron chi connectivity index (χ4n) is 2.71. The van der Waals surface area contributed by atoms with Gasteiger partial charge in [-0.05, 0) is 49.1 Å². The first-order valence-electron chi connectivity index (χ1n) is 6.47. The monoisotopic (exact) mass is 371 g/mol. The predicted molar refractivity (Wildman–Crippen MR) is 89.4 cm³/mol. The van der Waals surface area contributed by atoms with Crippen molar-refractivity contribution in [2.75, 3.05) is 12.4 Å². The number of rotatable bonds is 3. The van der Waals surface area contributed by atoms with Crippen molar-refractivity contribution in [2.45, 2.75) is 25.8 Å². The van der Waals surface area contributed by atoms with Crippen LogP contribution in [0.1, 0.15) is 28.5 Å². The Hall–Kier alpha value is -0.710. The maximum atomic E-state index is 6.12. The Balaban J connectivity index is 1.93. The highest BCUT2D eigenvalue weighted by Crippen LogP contribution is 2.43. The van der Waals surface area contributed by atoms with E-state index in [0.717, 1.165) is 33.1 Å². The second-order valence-electron chi connectivity index (χ2n) is 4.96. The van der Waals surface area contributed by atoms with Gasteiger partial charge in [0.1, 0.15) is 5.75 Å². The number of methoxy groups -OCH3 is 1. The first kappa shape index (κ1) is 14.2. The maximum Gasteiger partial charge on any atom is 0.143 e. The third-order valence-electron chi connectivity index (χ3n) is 3.65. The number of halogens is 2. The average Bonchev–Trinajstić information content (AvgIpc) is 2.92. The lowest BCUT2D eigenvalue weighted by Gasteiger charge is -2.19. The lowest BCUT2D eigenvalue weighted by Crippen LogP contribution is -2.09. The summed E-state index contributed by atoms with van der Waals surface area (Å²) in [7, 11) is 1.70. The zero-order chi connectivity index (χ0) is 14.3. The zero-order valence-corrected chi connectivity index (χ0v) is 14.5. The van der Waals surface area contributed by atoms with Crippen molar-refractivity contribution < 1.29 is 4.74 Å². The summed E-state index contributed by atoms with van der Waals surface area (Å²) in [6.45, 7) is 2.09. The molecule has 0 amide bonds. The van der Waals surface area contributed by atoms with E-state index in [9.17, 15) is 0 Å². The molecule has 0 bridgehead atoms. The van der Waals surface area contributed by atoms with Crippen molar-refractivity contribution in [1.29, 1.82) is 0 Å². The summed E-state index contributed by atoms with van der Waals surface area (Å²) in [4.78, 5) is 1.40. The lowest BCUT2D eigenvalue weighted by atomic mass is 10.1. The van der Waals surface area contributed by atoms with E-state index in [4.69, 9.17) is 16.3 Å². The molecule has 0 radical (unpaired) electrons. The fourth-order valence-corrected chi connectivity index (χ4v) is 4.62. The molecule has 1 unspecified atom stereocenters. The number of ether oxygens (including phenoxy) is 1. The van der Waals surface area contributed by atoms with Gasteiger partial charge in [0.15, 0.2) is 0 Å². The van der Waals surface area contributed by atoms with Gasteiger partial charge in [-0.1, -0.05) is 27.5 Å². The molecule has 0 aliphatic heterocycles. The second kappa shape index (κ2) is 5.58. The fraction of sp³-hybridized carbons (Fsp3) is 0.333. The molecule has 2 nitrogen and oxygen atoms in total. The van der Waals surface area contributed by atoms with Crippen molar-refractivity contribution in [1.82, 2.24) is 0 Å². The van der Waals surface area contributed by atoms with Gasteiger partial charge < -0.3 is 10.1 Å². The molecule has 0 saturated carbocycles. The van der Waals surface area contributed by atoms with Crippen LogP contribution >= 0.6 is 38.9 Å². The van der Waals surface area contributed by atoms with E-state index in [1.165, 1.54) is 16.0 Å². The van der Waals surface area contributed by atoms with Crippen molar-refractivity contribution in [2.24, 2.45) is 0 Å². The van der Waals surface area contributed by atoms with Crippen LogP contribution in [0.25, 0.3) is 0 Å². The Kier molecular flexibility index (Phi) is 3.98. The number of nitrogens with one attached hydrogen (secondary N) is 1. The molecular weight excluding hydrogens is 358 g/mol. The van der Waals surface area contributed by atoms with Crippen LogP contribution in [0.3, 0.4) is 0 Å². The Labute approximate surface area is 136 Å². The van der Waals surface area contributed by atoms with E-state index in [-0.39, 0.29) is 0 Å². The van der Waals surface area contributed by atoms with E-state index < -0.39 is 0 Å². The molecule has 1 aliphatic carbocycles. The normalized spacial score (nSPS) is 17.1. The minimum absolute atomic E-state index is 0.322. The van der Waals surface area contributed by atoms with Gasteiger partial charge in [-0.25, -0.2) is 0 Å². The lowest BCUT2D eigenvalue weighted by molar-refractivity contribution is 0.415. The van der Waals surface area contributed by atoms with E-state index >= 15 is 0 Å². The summed E-state index contributed by atoms with van der Waals surface area (Å²) in [6.07, 6.45) is 2.21. The number of aryl methyl sites for hydroxylation is 2. The van der Waals surface area contributed by atoms with Gasteiger partial charge in [-0.2, -0.15) is 0 Å². The summed E-state index contributed by atoms with van der Waals surface area (Å²) in [5.41, 5.74) is 3.58. The van der Waals surface area contributed by atoms with Gasteiger partial charge in [-0.3, -0.25) is 0 Å². The summed E-state index contributed by atoms with van der Waals surface area (Å²) < 4.78 is 7.40. The molecule has 1 atom stereocenters. The molecule has 0 spiro atoms. The minimum atomic E-state index is 0.322. The van der Waals surface area contributed by atoms with Crippen LogP contribution < -0.4 is 10.1 Å². The van der Waals surface area contributed by atoms with Crippen LogP contribution in [0.2, 0.25) is 4.34 Å². The first-order valence-corrected chi connectivity index (χ1v) is 8.46. The highest BCUT2D eigenvalue weighted by Gasteiger charge is 2.26. The van der Waals surface area contributed by atoms with E-state index in [2.05, 4.69) is 40.3 Å². The molecule has 1 heterocycles. The average molecular weight is 373 g/mol. The number of hydrogen-bond acceptors (Lipinski definition) is 3. The van der Waals surface area contributed by atoms with E-state index in [1.54, 1.807) is 18.4 Å². The molecular formula is C15H15BrClNOS. The van der Waals surface area contributed by atoms with Gasteiger partial charge >= 0.3 is 0 Å². The molecule has 2 aromatic rings. The molecule has 1 aromatic carbocycles. The highest BCUT2D eigenvalue weighted by molar-refractivity contribution is 9.10. The minimum Gasteiger partial charge on any atom is -0.495 e. The Morgan fingerprint density at radius 3 is 2.95 bits per heavy atom. The predicted octanol–water partition coefficient (Wildman–Crippen LogP) is 5.58. The Morgan fingerprint density at radius 2 is 2.20 bits per heavy atom. The number of anilines is 1. The van der Waals surface area contributed by atoms with Gasteiger partial charge in [-0.15, -0.1) is 11.3 Å². The van der Waals surface area contributed by atoms with E-state index in [1.807, 2.05) is 6.07 Å². The Morgan fingerprint density at radius 1 is 1.40 bits per heavy atom. The summed E-state index contributed by atoms with van der Waals surface area (Å²) in [5, 5.41) is 3.63. The van der Waals surface area contributed by atoms with Crippen molar-refractivity contribution in [3.63, 3.8) is 0 Å². The van der Waals surface area contributed by atoms with Crippen LogP contribution in [-0.2, 0) is 6.42 Å². The first-order chi connectivity index (χ1) is 9.58. The van der Waals surface area contributed by atoms with Gasteiger partial charge in [0.05, 0.1) is 23.2 Å². The molecule has 1 aromatic heterocycles. The molecule has 106 valence electrons. The molecule has 3 rings (SSSR count). The smallest absolute Gasteiger partial charge is 0.143 e. The van der Waals surface area contributed by atoms with Gasteiger partial charge in [0, 0.05) is 9.35 Å². The van der Waals surface area contributed by atoms with Gasteiger partial charge in [0.25, 0.3) is 0 Å². The largest absolute Gasteiger partial charge is 0.495 e. The maximum absolute atomic E-state index is 6.12. The van der Waals surface area contributed by atoms with Crippen LogP contribution in [0.5, 0.6) is 5.75 Å². The highest BCUT2D eigenvalue weighted by atomic mass is 79.9. The molecule has 5 heteroatoms. The number of fused-ring (bicyclic) bond motifs is 1. The number of benzene rings is 1. The third-order valence-corrected chi connectivity index (χ3v) is 5.45. The standard InChI is InChI=1S/C15H15BrClNOS/c1-8-5-9(16)6-12(19-2)15(8)18-11-3-4-13-10(11)7-14(17)20-13/h5-7,11,18H,3-4H2,1-2H3. The van der Waals surface area contributed by atoms with Crippen LogP contribution in [0, 0.1) is 6.92 Å². The molecule has 1 N–H and O–H groups in total. The van der Waals surface area contributed by atoms with Crippen molar-refractivity contribution in [3.05, 3.63) is 43.0 Å². The van der Waals surface area contributed by atoms with Crippen molar-refractivity contribution >= 4 is 44.6 Å². The summed E-state index contributed by atoms with van der Waals surface area (Å²) >= 11 is 11.3. The number of thiophene rings is 1. The molecule has 20 heavy (non-hydrogen) atoms. The van der Waals surface area contributed by atoms with Crippen molar-refractivity contribution in [3.8, 4) is 5.75 Å². The Bertz CT molecular complexity index is 656. The van der Waals surface area contributed by atoms with E-state index in [0.29, 0.717) is 6.04 Å². The van der Waals surface area contributed by atoms with Crippen LogP contribution in [-0.4, -0.2) is 7.11 Å². The third kappa shape index (κ3) is 2.57. The summed E-state index contributed by atoms with van der Waals surface area (Å²) in [6, 6.07) is 6.50. The van der Waals surface area contributed by atoms with Gasteiger partial charge in [0.2, 0.25) is 0 Å². The van der Waals surface area contributed by atoms with Crippen LogP contribution in [0.15, 0.2) is 22.7 Å². The molecule has 1 aliphatic rings. The van der Waals surface area contributed by atoms with Crippen LogP contribution in [0.4, 0.5) is 5.69 Å². The zero-order valence-electron chi connectivity index (χ0n) is 11.3.